The summed E-state index contributed by atoms with van der Waals surface area (Å²) in [6.45, 7) is 8.32. The zero-order chi connectivity index (χ0) is 12.0. The van der Waals surface area contributed by atoms with Gasteiger partial charge in [0.25, 0.3) is 0 Å². The molecule has 0 aliphatic carbocycles. The van der Waals surface area contributed by atoms with Crippen LogP contribution in [0.2, 0.25) is 0 Å². The van der Waals surface area contributed by atoms with Crippen molar-refractivity contribution < 1.29 is 14.3 Å². The Morgan fingerprint density at radius 1 is 1.56 bits per heavy atom. The quantitative estimate of drug-likeness (QED) is 0.532. The molecule has 90 valence electrons. The number of cyclic esters (lactones) is 2. The maximum absolute atomic E-state index is 11.2. The third-order valence-corrected chi connectivity index (χ3v) is 2.54. The van der Waals surface area contributed by atoms with E-state index < -0.39 is 6.16 Å². The van der Waals surface area contributed by atoms with E-state index >= 15 is 0 Å². The summed E-state index contributed by atoms with van der Waals surface area (Å²) in [6.07, 6.45) is 5.82. The first-order valence-electron chi connectivity index (χ1n) is 5.75. The number of carbonyl (C=O) groups is 1. The predicted molar refractivity (Wildman–Crippen MR) is 63.2 cm³/mol. The Hall–Kier alpha value is -1.25. The highest BCUT2D eigenvalue weighted by molar-refractivity contribution is 5.60. The normalized spacial score (nSPS) is 27.5. The van der Waals surface area contributed by atoms with Crippen LogP contribution in [-0.2, 0) is 9.47 Å². The van der Waals surface area contributed by atoms with Crippen LogP contribution in [0.1, 0.15) is 33.1 Å². The first-order valence-corrected chi connectivity index (χ1v) is 5.75. The Balaban J connectivity index is 2.61. The van der Waals surface area contributed by atoms with Crippen LogP contribution in [0.4, 0.5) is 4.79 Å². The zero-order valence-electron chi connectivity index (χ0n) is 10.1. The van der Waals surface area contributed by atoms with Gasteiger partial charge < -0.3 is 9.47 Å². The molecular weight excluding hydrogens is 204 g/mol. The van der Waals surface area contributed by atoms with Crippen molar-refractivity contribution in [3.8, 4) is 0 Å². The van der Waals surface area contributed by atoms with Gasteiger partial charge >= 0.3 is 6.16 Å². The molecule has 0 amide bonds. The summed E-state index contributed by atoms with van der Waals surface area (Å²) in [5, 5.41) is 0. The van der Waals surface area contributed by atoms with Gasteiger partial charge in [-0.1, -0.05) is 25.2 Å². The van der Waals surface area contributed by atoms with Crippen molar-refractivity contribution >= 4 is 6.16 Å². The highest BCUT2D eigenvalue weighted by Crippen LogP contribution is 2.18. The summed E-state index contributed by atoms with van der Waals surface area (Å²) in [5.41, 5.74) is 0.949. The van der Waals surface area contributed by atoms with Crippen LogP contribution in [0.3, 0.4) is 0 Å². The van der Waals surface area contributed by atoms with Gasteiger partial charge in [-0.05, 0) is 38.2 Å². The molecule has 2 atom stereocenters. The van der Waals surface area contributed by atoms with E-state index in [1.807, 2.05) is 19.1 Å². The SMILES string of the molecule is C=C(C)C=CC1CC(C)CCCOC(=O)O1. The molecule has 0 bridgehead atoms. The average Bonchev–Trinajstić information content (AvgIpc) is 2.27. The summed E-state index contributed by atoms with van der Waals surface area (Å²) in [6, 6.07) is 0. The molecule has 3 heteroatoms. The Bertz CT molecular complexity index is 281. The lowest BCUT2D eigenvalue weighted by Gasteiger charge is -2.15. The van der Waals surface area contributed by atoms with Gasteiger partial charge in [-0.15, -0.1) is 0 Å². The number of rotatable bonds is 2. The fraction of sp³-hybridized carbons (Fsp3) is 0.615. The van der Waals surface area contributed by atoms with Crippen LogP contribution in [0.25, 0.3) is 0 Å². The summed E-state index contributed by atoms with van der Waals surface area (Å²) in [5.74, 6) is 0.536. The molecule has 0 aromatic rings. The lowest BCUT2D eigenvalue weighted by atomic mass is 9.98. The van der Waals surface area contributed by atoms with Gasteiger partial charge in [0.15, 0.2) is 0 Å². The fourth-order valence-corrected chi connectivity index (χ4v) is 1.70. The van der Waals surface area contributed by atoms with Crippen molar-refractivity contribution in [2.24, 2.45) is 5.92 Å². The largest absolute Gasteiger partial charge is 0.508 e. The minimum Gasteiger partial charge on any atom is -0.434 e. The standard InChI is InChI=1S/C13H20O3/c1-10(2)6-7-12-9-11(3)5-4-8-15-13(14)16-12/h6-7,11-12H,1,4-5,8-9H2,2-3H3. The van der Waals surface area contributed by atoms with Crippen LogP contribution >= 0.6 is 0 Å². The molecule has 1 fully saturated rings. The van der Waals surface area contributed by atoms with Gasteiger partial charge in [-0.2, -0.15) is 0 Å². The third kappa shape index (κ3) is 5.01. The summed E-state index contributed by atoms with van der Waals surface area (Å²) in [4.78, 5) is 11.2. The third-order valence-electron chi connectivity index (χ3n) is 2.54. The summed E-state index contributed by atoms with van der Waals surface area (Å²) >= 11 is 0. The van der Waals surface area contributed by atoms with Crippen LogP contribution in [0.5, 0.6) is 0 Å². The Morgan fingerprint density at radius 3 is 3.00 bits per heavy atom. The van der Waals surface area contributed by atoms with Crippen molar-refractivity contribution in [3.05, 3.63) is 24.3 Å². The molecular formula is C13H20O3. The molecule has 3 nitrogen and oxygen atoms in total. The van der Waals surface area contributed by atoms with Gasteiger partial charge in [-0.3, -0.25) is 0 Å². The first-order chi connectivity index (χ1) is 7.58. The van der Waals surface area contributed by atoms with E-state index in [-0.39, 0.29) is 6.10 Å². The Morgan fingerprint density at radius 2 is 2.31 bits per heavy atom. The number of hydrogen-bond acceptors (Lipinski definition) is 3. The monoisotopic (exact) mass is 224 g/mol. The lowest BCUT2D eigenvalue weighted by molar-refractivity contribution is 0.0377. The van der Waals surface area contributed by atoms with Crippen LogP contribution < -0.4 is 0 Å². The van der Waals surface area contributed by atoms with Crippen LogP contribution in [-0.4, -0.2) is 18.9 Å². The maximum atomic E-state index is 11.2. The van der Waals surface area contributed by atoms with E-state index in [1.54, 1.807) is 0 Å². The van der Waals surface area contributed by atoms with E-state index in [2.05, 4.69) is 13.5 Å². The Kier molecular flexibility index (Phi) is 5.09. The number of carbonyl (C=O) groups excluding carboxylic acids is 1. The highest BCUT2D eigenvalue weighted by Gasteiger charge is 2.18. The molecule has 0 spiro atoms. The van der Waals surface area contributed by atoms with E-state index in [0.717, 1.165) is 24.8 Å². The topological polar surface area (TPSA) is 35.5 Å². The molecule has 1 heterocycles. The summed E-state index contributed by atoms with van der Waals surface area (Å²) < 4.78 is 10.1. The number of allylic oxidation sites excluding steroid dienone is 2. The molecule has 0 radical (unpaired) electrons. The second-order valence-electron chi connectivity index (χ2n) is 4.44. The molecule has 0 saturated carbocycles. The number of hydrogen-bond donors (Lipinski definition) is 0. The lowest BCUT2D eigenvalue weighted by Crippen LogP contribution is -2.18. The smallest absolute Gasteiger partial charge is 0.434 e. The highest BCUT2D eigenvalue weighted by atomic mass is 16.7. The second-order valence-corrected chi connectivity index (χ2v) is 4.44. The molecule has 16 heavy (non-hydrogen) atoms. The maximum Gasteiger partial charge on any atom is 0.508 e. The molecule has 0 aromatic heterocycles. The molecule has 1 aliphatic rings. The predicted octanol–water partition coefficient (Wildman–Crippen LogP) is 3.46. The van der Waals surface area contributed by atoms with E-state index in [1.165, 1.54) is 0 Å². The molecule has 1 rings (SSSR count). The first kappa shape index (κ1) is 12.8. The van der Waals surface area contributed by atoms with Gasteiger partial charge in [0.05, 0.1) is 6.61 Å². The van der Waals surface area contributed by atoms with E-state index in [0.29, 0.717) is 12.5 Å². The minimum absolute atomic E-state index is 0.197. The second kappa shape index (κ2) is 6.36. The molecule has 0 N–H and O–H groups in total. The van der Waals surface area contributed by atoms with Gasteiger partial charge in [-0.25, -0.2) is 4.79 Å². The Labute approximate surface area is 97.1 Å². The van der Waals surface area contributed by atoms with Crippen molar-refractivity contribution in [2.75, 3.05) is 6.61 Å². The van der Waals surface area contributed by atoms with Crippen molar-refractivity contribution in [1.82, 2.24) is 0 Å². The van der Waals surface area contributed by atoms with Crippen molar-refractivity contribution in [2.45, 2.75) is 39.2 Å². The van der Waals surface area contributed by atoms with E-state index in [9.17, 15) is 4.79 Å². The fourth-order valence-electron chi connectivity index (χ4n) is 1.70. The molecule has 0 aromatic carbocycles. The van der Waals surface area contributed by atoms with Crippen LogP contribution in [0.15, 0.2) is 24.3 Å². The van der Waals surface area contributed by atoms with Gasteiger partial charge in [0.1, 0.15) is 6.10 Å². The molecule has 2 unspecified atom stereocenters. The van der Waals surface area contributed by atoms with Crippen molar-refractivity contribution in [3.63, 3.8) is 0 Å². The molecule has 1 saturated heterocycles. The van der Waals surface area contributed by atoms with E-state index in [4.69, 9.17) is 9.47 Å². The van der Waals surface area contributed by atoms with Crippen LogP contribution in [0, 0.1) is 5.92 Å². The minimum atomic E-state index is -0.564. The number of ether oxygens (including phenoxy) is 2. The molecule has 1 aliphatic heterocycles. The zero-order valence-corrected chi connectivity index (χ0v) is 10.1. The summed E-state index contributed by atoms with van der Waals surface area (Å²) in [7, 11) is 0. The van der Waals surface area contributed by atoms with Gasteiger partial charge in [0, 0.05) is 0 Å². The average molecular weight is 224 g/mol. The van der Waals surface area contributed by atoms with Gasteiger partial charge in [0.2, 0.25) is 0 Å². The van der Waals surface area contributed by atoms with Crippen molar-refractivity contribution in [1.29, 1.82) is 0 Å².